The first-order chi connectivity index (χ1) is 36.0. The minimum Gasteiger partial charge on any atom is -0.497 e. The Balaban J connectivity index is 0.000000189. The number of carbonyl (C=O) groups is 5. The number of ketones is 1. The van der Waals surface area contributed by atoms with Crippen molar-refractivity contribution in [1.29, 1.82) is 0 Å². The van der Waals surface area contributed by atoms with Crippen LogP contribution in [0.5, 0.6) is 23.0 Å². The van der Waals surface area contributed by atoms with E-state index in [0.29, 0.717) is 59.8 Å². The zero-order valence-corrected chi connectivity index (χ0v) is 45.8. The summed E-state index contributed by atoms with van der Waals surface area (Å²) < 4.78 is 45.0. The molecule has 11 rings (SSSR count). The number of hydrogen-bond donors (Lipinski definition) is 1. The smallest absolute Gasteiger partial charge is 0.331 e. The van der Waals surface area contributed by atoms with Gasteiger partial charge in [-0.15, -0.1) is 0 Å². The highest BCUT2D eigenvalue weighted by Crippen LogP contribution is 2.71. The molecule has 8 aliphatic rings. The van der Waals surface area contributed by atoms with Gasteiger partial charge in [0.05, 0.1) is 47.5 Å². The molecule has 2 saturated heterocycles. The van der Waals surface area contributed by atoms with Crippen molar-refractivity contribution in [2.75, 3.05) is 55.7 Å². The number of carbonyl (C=O) groups excluding carboxylic acids is 5. The quantitative estimate of drug-likeness (QED) is 0.115. The van der Waals surface area contributed by atoms with Gasteiger partial charge in [-0.25, -0.2) is 4.79 Å². The summed E-state index contributed by atoms with van der Waals surface area (Å²) in [4.78, 5) is 69.2. The lowest BCUT2D eigenvalue weighted by Gasteiger charge is -2.61. The van der Waals surface area contributed by atoms with Gasteiger partial charge >= 0.3 is 17.9 Å². The van der Waals surface area contributed by atoms with E-state index in [-0.39, 0.29) is 62.4 Å². The molecule has 1 aromatic heterocycles. The van der Waals surface area contributed by atoms with Crippen molar-refractivity contribution < 1.29 is 61.9 Å². The first-order valence-corrected chi connectivity index (χ1v) is 27.7. The summed E-state index contributed by atoms with van der Waals surface area (Å²) in [5.41, 5.74) is 5.36. The number of aromatic amines is 1. The Morgan fingerprint density at radius 2 is 1.63 bits per heavy atom. The Bertz CT molecular complexity index is 2780. The second kappa shape index (κ2) is 20.9. The number of rotatable bonds is 10. The molecule has 1 N–H and O–H groups in total. The molecule has 3 aliphatic heterocycles. The van der Waals surface area contributed by atoms with Crippen LogP contribution in [-0.4, -0.2) is 117 Å². The predicted molar refractivity (Wildman–Crippen MR) is 283 cm³/mol. The van der Waals surface area contributed by atoms with Crippen molar-refractivity contribution in [3.05, 3.63) is 64.9 Å². The maximum absolute atomic E-state index is 13.4. The van der Waals surface area contributed by atoms with Crippen LogP contribution in [0.1, 0.15) is 114 Å². The lowest BCUT2D eigenvalue weighted by Crippen LogP contribution is -2.58. The van der Waals surface area contributed by atoms with Gasteiger partial charge in [0, 0.05) is 79.4 Å². The SMILES string of the molecule is CC(=O)S[C@@H]1CC2=CC(=O)CC[C@]2(C)[C@H]2CC[C@@]3(C)[C@@H](CC[C@@]34CCC(=O)O4)[C@H]12.COC(=O)[C@H]1[C@H]2C[C@@H]3c4[nH]c5cc(OC)ccc5c4CCN3C[C@H]2C[C@@H](OC(=O)/C=C/c2cc(OC)c(OC)c(OC)c2)[C@@H]1OC. The molecule has 13 atom stereocenters. The lowest BCUT2D eigenvalue weighted by atomic mass is 9.46. The molecule has 4 saturated carbocycles. The number of thioether (sulfide) groups is 1. The number of benzene rings is 2. The number of methoxy groups -OCH3 is 6. The molecule has 15 nitrogen and oxygen atoms in total. The molecule has 6 fully saturated rings. The van der Waals surface area contributed by atoms with Crippen LogP contribution in [-0.2, 0) is 49.3 Å². The fourth-order valence-electron chi connectivity index (χ4n) is 16.0. The Morgan fingerprint density at radius 3 is 2.29 bits per heavy atom. The van der Waals surface area contributed by atoms with E-state index in [2.05, 4.69) is 29.8 Å². The average molecular weight is 1050 g/mol. The van der Waals surface area contributed by atoms with Gasteiger partial charge in [-0.2, -0.15) is 0 Å². The van der Waals surface area contributed by atoms with Gasteiger partial charge in [0.2, 0.25) is 5.75 Å². The minimum absolute atomic E-state index is 0.00438. The molecule has 3 aromatic rings. The third-order valence-electron chi connectivity index (χ3n) is 19.6. The number of fused-ring (bicyclic) bond motifs is 12. The third kappa shape index (κ3) is 9.25. The van der Waals surface area contributed by atoms with E-state index in [1.807, 2.05) is 18.2 Å². The Kier molecular flexibility index (Phi) is 14.8. The summed E-state index contributed by atoms with van der Waals surface area (Å²) in [5, 5.41) is 1.62. The second-order valence-corrected chi connectivity index (χ2v) is 24.2. The van der Waals surface area contributed by atoms with Crippen molar-refractivity contribution >= 4 is 57.5 Å². The topological polar surface area (TPSA) is 178 Å². The van der Waals surface area contributed by atoms with Crippen LogP contribution in [0, 0.1) is 46.3 Å². The number of allylic oxidation sites excluding steroid dienone is 1. The van der Waals surface area contributed by atoms with E-state index < -0.39 is 24.1 Å². The van der Waals surface area contributed by atoms with Gasteiger partial charge in [-0.3, -0.25) is 24.1 Å². The van der Waals surface area contributed by atoms with Crippen molar-refractivity contribution in [3.8, 4) is 23.0 Å². The molecular weight excluding hydrogens is 977 g/mol. The highest BCUT2D eigenvalue weighted by molar-refractivity contribution is 8.14. The van der Waals surface area contributed by atoms with Crippen LogP contribution in [0.15, 0.2) is 48.1 Å². The Morgan fingerprint density at radius 1 is 0.867 bits per heavy atom. The van der Waals surface area contributed by atoms with Crippen LogP contribution in [0.25, 0.3) is 17.0 Å². The van der Waals surface area contributed by atoms with Crippen molar-refractivity contribution in [2.24, 2.45) is 46.3 Å². The predicted octanol–water partition coefficient (Wildman–Crippen LogP) is 9.42. The minimum atomic E-state index is -0.645. The first kappa shape index (κ1) is 53.1. The molecule has 4 heterocycles. The third-order valence-corrected chi connectivity index (χ3v) is 20.7. The number of H-pyrrole nitrogens is 1. The van der Waals surface area contributed by atoms with E-state index in [0.717, 1.165) is 82.1 Å². The van der Waals surface area contributed by atoms with E-state index in [1.165, 1.54) is 68.5 Å². The normalized spacial score (nSPS) is 34.5. The van der Waals surface area contributed by atoms with E-state index in [4.69, 9.17) is 37.9 Å². The van der Waals surface area contributed by atoms with Crippen LogP contribution < -0.4 is 18.9 Å². The zero-order chi connectivity index (χ0) is 53.1. The van der Waals surface area contributed by atoms with Crippen molar-refractivity contribution in [1.82, 2.24) is 9.88 Å². The van der Waals surface area contributed by atoms with Crippen LogP contribution in [0.2, 0.25) is 0 Å². The maximum atomic E-state index is 13.4. The Hall–Kier alpha value is -5.32. The summed E-state index contributed by atoms with van der Waals surface area (Å²) >= 11 is 1.50. The molecule has 1 spiro atoms. The van der Waals surface area contributed by atoms with Gasteiger partial charge in [0.15, 0.2) is 22.4 Å². The number of ether oxygens (including phenoxy) is 8. The standard InChI is InChI=1S/C35H42N2O9.C24H32O4S/c1-40-21-8-9-22-23-11-12-37-18-20-15-29(46-30(38)10-7-19-13-27(41-2)33(43-4)28(14-19)42-3)34(44-5)31(35(39)45-6)24(20)17-26(37)32(23)36-25(22)16-21;1-14(25)29-19-13-15-12-16(26)4-8-22(15,2)17-5-9-23(3)18(21(17)19)6-10-24(23)11-7-20(27)28-24/h7-10,13-14,16,20,24,26,29,31,34,36H,11-12,15,17-18H2,1-6H3;12,17-19,21H,4-11,13H2,1-3H3/b10-7+;/t20-,24+,26-,29-,31+,34+;17-,18-,19+,21+,22-,23-,24+/m10/s1. The van der Waals surface area contributed by atoms with Gasteiger partial charge in [-0.05, 0) is 147 Å². The van der Waals surface area contributed by atoms with E-state index in [1.54, 1.807) is 39.4 Å². The maximum Gasteiger partial charge on any atom is 0.331 e. The molecule has 2 aromatic carbocycles. The summed E-state index contributed by atoms with van der Waals surface area (Å²) in [6, 6.07) is 9.78. The lowest BCUT2D eigenvalue weighted by molar-refractivity contribution is -0.187. The largest absolute Gasteiger partial charge is 0.497 e. The molecule has 5 aliphatic carbocycles. The van der Waals surface area contributed by atoms with E-state index >= 15 is 0 Å². The molecule has 16 heteroatoms. The highest BCUT2D eigenvalue weighted by Gasteiger charge is 2.68. The summed E-state index contributed by atoms with van der Waals surface area (Å²) in [6.07, 6.45) is 14.0. The molecule has 0 amide bonds. The van der Waals surface area contributed by atoms with Crippen LogP contribution >= 0.6 is 11.8 Å². The number of nitrogens with zero attached hydrogens (tertiary/aromatic N) is 1. The monoisotopic (exact) mass is 1050 g/mol. The summed E-state index contributed by atoms with van der Waals surface area (Å²) in [5.74, 6) is 2.55. The van der Waals surface area contributed by atoms with Gasteiger partial charge in [0.25, 0.3) is 0 Å². The van der Waals surface area contributed by atoms with Crippen LogP contribution in [0.3, 0.4) is 0 Å². The average Bonchev–Trinajstić information content (AvgIpc) is 4.14. The highest BCUT2D eigenvalue weighted by atomic mass is 32.2. The van der Waals surface area contributed by atoms with E-state index in [9.17, 15) is 24.0 Å². The van der Waals surface area contributed by atoms with Crippen LogP contribution in [0.4, 0.5) is 0 Å². The molecule has 0 unspecified atom stereocenters. The second-order valence-electron chi connectivity index (χ2n) is 22.8. The molecule has 0 radical (unpaired) electrons. The summed E-state index contributed by atoms with van der Waals surface area (Å²) in [6.45, 7) is 8.11. The van der Waals surface area contributed by atoms with Gasteiger partial charge < -0.3 is 42.9 Å². The zero-order valence-electron chi connectivity index (χ0n) is 45.0. The summed E-state index contributed by atoms with van der Waals surface area (Å²) in [7, 11) is 9.24. The molecule has 404 valence electrons. The molecule has 75 heavy (non-hydrogen) atoms. The van der Waals surface area contributed by atoms with Gasteiger partial charge in [-0.1, -0.05) is 31.2 Å². The molecule has 0 bridgehead atoms. The van der Waals surface area contributed by atoms with Gasteiger partial charge in [0.1, 0.15) is 23.6 Å². The fraction of sp³-hybridized carbons (Fsp3) is 0.610. The Labute approximate surface area is 444 Å². The molecular formula is C59H74N2O13S. The van der Waals surface area contributed by atoms with Crippen molar-refractivity contribution in [2.45, 2.75) is 127 Å². The first-order valence-electron chi connectivity index (χ1n) is 26.9. The number of esters is 3. The fourth-order valence-corrected chi connectivity index (χ4v) is 17.3. The number of piperidine rings is 1. The number of hydrogen-bond acceptors (Lipinski definition) is 15. The van der Waals surface area contributed by atoms with Crippen molar-refractivity contribution in [3.63, 3.8) is 0 Å². The number of nitrogens with one attached hydrogen (secondary N) is 1. The number of aromatic nitrogens is 1.